The first-order valence-electron chi connectivity index (χ1n) is 10.6. The fraction of sp³-hybridized carbons (Fsp3) is 0.391. The van der Waals surface area contributed by atoms with Crippen molar-refractivity contribution in [1.82, 2.24) is 10.3 Å². The van der Waals surface area contributed by atoms with Crippen molar-refractivity contribution in [3.8, 4) is 0 Å². The molecule has 0 aliphatic heterocycles. The first-order valence-corrected chi connectivity index (χ1v) is 12.5. The SMILES string of the molecule is CS(=O)(=O)/C=C/[C@@H](NC(=O)c1ccc(C2CC2)nc1NCc1cc(F)ccc1F)C1CC1. The Bertz CT molecular complexity index is 1160. The summed E-state index contributed by atoms with van der Waals surface area (Å²) < 4.78 is 50.5. The van der Waals surface area contributed by atoms with Gasteiger partial charge in [-0.05, 0) is 61.9 Å². The summed E-state index contributed by atoms with van der Waals surface area (Å²) in [6.07, 6.45) is 6.46. The number of nitrogens with one attached hydrogen (secondary N) is 2. The largest absolute Gasteiger partial charge is 0.365 e. The van der Waals surface area contributed by atoms with Crippen LogP contribution >= 0.6 is 0 Å². The minimum atomic E-state index is -3.31. The third kappa shape index (κ3) is 5.91. The molecule has 2 saturated carbocycles. The van der Waals surface area contributed by atoms with Gasteiger partial charge in [-0.15, -0.1) is 0 Å². The summed E-state index contributed by atoms with van der Waals surface area (Å²) in [5.41, 5.74) is 1.24. The fourth-order valence-electron chi connectivity index (χ4n) is 3.49. The second kappa shape index (κ2) is 8.97. The molecule has 2 N–H and O–H groups in total. The maximum atomic E-state index is 14.0. The zero-order valence-electron chi connectivity index (χ0n) is 17.6. The summed E-state index contributed by atoms with van der Waals surface area (Å²) >= 11 is 0. The number of aromatic nitrogens is 1. The van der Waals surface area contributed by atoms with Crippen molar-refractivity contribution >= 4 is 21.6 Å². The Hall–Kier alpha value is -2.81. The number of hydrogen-bond acceptors (Lipinski definition) is 5. The molecule has 1 aromatic carbocycles. The van der Waals surface area contributed by atoms with E-state index in [2.05, 4.69) is 15.6 Å². The maximum absolute atomic E-state index is 14.0. The highest BCUT2D eigenvalue weighted by atomic mass is 32.2. The minimum Gasteiger partial charge on any atom is -0.365 e. The first kappa shape index (κ1) is 22.4. The first-order chi connectivity index (χ1) is 15.2. The topological polar surface area (TPSA) is 88.2 Å². The van der Waals surface area contributed by atoms with Gasteiger partial charge in [-0.25, -0.2) is 22.2 Å². The molecule has 32 heavy (non-hydrogen) atoms. The molecule has 2 aliphatic rings. The molecule has 0 unspecified atom stereocenters. The van der Waals surface area contributed by atoms with Crippen LogP contribution in [0.3, 0.4) is 0 Å². The number of sulfone groups is 1. The van der Waals surface area contributed by atoms with Crippen LogP contribution in [0.5, 0.6) is 0 Å². The summed E-state index contributed by atoms with van der Waals surface area (Å²) in [6.45, 7) is -0.0367. The maximum Gasteiger partial charge on any atom is 0.255 e. The van der Waals surface area contributed by atoms with E-state index in [4.69, 9.17) is 0 Å². The molecule has 170 valence electrons. The summed E-state index contributed by atoms with van der Waals surface area (Å²) in [4.78, 5) is 17.6. The number of carbonyl (C=O) groups excluding carboxylic acids is 1. The summed E-state index contributed by atoms with van der Waals surface area (Å²) in [7, 11) is -3.31. The molecule has 2 aliphatic carbocycles. The molecule has 4 rings (SSSR count). The predicted molar refractivity (Wildman–Crippen MR) is 118 cm³/mol. The Morgan fingerprint density at radius 3 is 2.59 bits per heavy atom. The smallest absolute Gasteiger partial charge is 0.255 e. The van der Waals surface area contributed by atoms with Crippen molar-refractivity contribution in [3.63, 3.8) is 0 Å². The standard InChI is InChI=1S/C23H25F2N3O3S/c1-32(30,31)11-10-21(15-4-5-15)28-23(29)18-7-9-20(14-2-3-14)27-22(18)26-13-16-12-17(24)6-8-19(16)25/h6-12,14-15,21H,2-5,13H2,1H3,(H,26,27)(H,28,29)/b11-10+/t21-/m1/s1. The number of anilines is 1. The van der Waals surface area contributed by atoms with E-state index >= 15 is 0 Å². The number of benzene rings is 1. The van der Waals surface area contributed by atoms with E-state index in [0.717, 1.165) is 61.2 Å². The average Bonchev–Trinajstić information content (AvgIpc) is 3.62. The van der Waals surface area contributed by atoms with Gasteiger partial charge in [-0.2, -0.15) is 0 Å². The lowest BCUT2D eigenvalue weighted by atomic mass is 10.1. The van der Waals surface area contributed by atoms with E-state index in [1.54, 1.807) is 12.1 Å². The van der Waals surface area contributed by atoms with Crippen molar-refractivity contribution in [2.24, 2.45) is 5.92 Å². The number of nitrogens with zero attached hydrogens (tertiary/aromatic N) is 1. The van der Waals surface area contributed by atoms with Crippen molar-refractivity contribution in [3.05, 3.63) is 70.3 Å². The van der Waals surface area contributed by atoms with Gasteiger partial charge in [0.1, 0.15) is 17.5 Å². The second-order valence-corrected chi connectivity index (χ2v) is 10.4. The van der Waals surface area contributed by atoms with Gasteiger partial charge in [-0.1, -0.05) is 6.08 Å². The number of pyridine rings is 1. The van der Waals surface area contributed by atoms with Gasteiger partial charge < -0.3 is 10.6 Å². The van der Waals surface area contributed by atoms with E-state index in [1.807, 2.05) is 0 Å². The minimum absolute atomic E-state index is 0.0367. The third-order valence-electron chi connectivity index (χ3n) is 5.57. The molecule has 1 amide bonds. The molecule has 1 aromatic heterocycles. The van der Waals surface area contributed by atoms with E-state index in [0.29, 0.717) is 5.92 Å². The highest BCUT2D eigenvalue weighted by Gasteiger charge is 2.32. The summed E-state index contributed by atoms with van der Waals surface area (Å²) in [6, 6.07) is 6.28. The fourth-order valence-corrected chi connectivity index (χ4v) is 3.95. The van der Waals surface area contributed by atoms with Gasteiger partial charge in [0.25, 0.3) is 5.91 Å². The number of hydrogen-bond donors (Lipinski definition) is 2. The lowest BCUT2D eigenvalue weighted by Gasteiger charge is -2.17. The Morgan fingerprint density at radius 1 is 1.19 bits per heavy atom. The van der Waals surface area contributed by atoms with E-state index in [-0.39, 0.29) is 29.4 Å². The molecule has 1 atom stereocenters. The zero-order valence-corrected chi connectivity index (χ0v) is 18.5. The van der Waals surface area contributed by atoms with Crippen LogP contribution in [0.4, 0.5) is 14.6 Å². The highest BCUT2D eigenvalue weighted by molar-refractivity contribution is 7.93. The van der Waals surface area contributed by atoms with Crippen molar-refractivity contribution in [2.75, 3.05) is 11.6 Å². The van der Waals surface area contributed by atoms with Crippen LogP contribution in [0.15, 0.2) is 41.8 Å². The predicted octanol–water partition coefficient (Wildman–Crippen LogP) is 3.92. The summed E-state index contributed by atoms with van der Waals surface area (Å²) in [5, 5.41) is 6.98. The van der Waals surface area contributed by atoms with Gasteiger partial charge >= 0.3 is 0 Å². The molecule has 2 fully saturated rings. The number of carbonyl (C=O) groups is 1. The monoisotopic (exact) mass is 461 g/mol. The molecule has 1 heterocycles. The Morgan fingerprint density at radius 2 is 1.94 bits per heavy atom. The normalized spacial score (nSPS) is 17.3. The number of rotatable bonds is 9. The lowest BCUT2D eigenvalue weighted by molar-refractivity contribution is 0.0941. The Balaban J connectivity index is 1.56. The van der Waals surface area contributed by atoms with Gasteiger partial charge in [0.2, 0.25) is 0 Å². The molecular formula is C23H25F2N3O3S. The van der Waals surface area contributed by atoms with Crippen molar-refractivity contribution in [1.29, 1.82) is 0 Å². The molecule has 9 heteroatoms. The van der Waals surface area contributed by atoms with Gasteiger partial charge in [0.05, 0.1) is 11.6 Å². The molecule has 2 aromatic rings. The van der Waals surface area contributed by atoms with Crippen LogP contribution in [0.25, 0.3) is 0 Å². The van der Waals surface area contributed by atoms with Crippen LogP contribution in [-0.2, 0) is 16.4 Å². The van der Waals surface area contributed by atoms with Crippen molar-refractivity contribution < 1.29 is 22.0 Å². The number of amides is 1. The average molecular weight is 462 g/mol. The summed E-state index contributed by atoms with van der Waals surface area (Å²) in [5.74, 6) is -0.688. The van der Waals surface area contributed by atoms with Gasteiger partial charge in [0, 0.05) is 35.4 Å². The molecule has 0 saturated heterocycles. The van der Waals surface area contributed by atoms with Crippen LogP contribution < -0.4 is 10.6 Å². The Kier molecular flexibility index (Phi) is 6.28. The van der Waals surface area contributed by atoms with Gasteiger partial charge in [0.15, 0.2) is 9.84 Å². The molecule has 0 spiro atoms. The molecule has 0 radical (unpaired) electrons. The van der Waals surface area contributed by atoms with Crippen LogP contribution in [0.2, 0.25) is 0 Å². The quantitative estimate of drug-likeness (QED) is 0.591. The van der Waals surface area contributed by atoms with E-state index in [1.165, 1.54) is 6.08 Å². The highest BCUT2D eigenvalue weighted by Crippen LogP contribution is 2.40. The molecular weight excluding hydrogens is 436 g/mol. The van der Waals surface area contributed by atoms with Crippen LogP contribution in [-0.4, -0.2) is 31.6 Å². The second-order valence-electron chi connectivity index (χ2n) is 8.49. The van der Waals surface area contributed by atoms with Crippen molar-refractivity contribution in [2.45, 2.75) is 44.2 Å². The van der Waals surface area contributed by atoms with Crippen LogP contribution in [0.1, 0.15) is 53.2 Å². The molecule has 0 bridgehead atoms. The third-order valence-corrected chi connectivity index (χ3v) is 6.22. The lowest BCUT2D eigenvalue weighted by Crippen LogP contribution is -2.35. The number of halogens is 2. The molecule has 6 nitrogen and oxygen atoms in total. The van der Waals surface area contributed by atoms with Crippen LogP contribution in [0, 0.1) is 17.6 Å². The van der Waals surface area contributed by atoms with E-state index in [9.17, 15) is 22.0 Å². The Labute approximate surface area is 186 Å². The zero-order chi connectivity index (χ0) is 22.9. The van der Waals surface area contributed by atoms with E-state index < -0.39 is 33.4 Å². The van der Waals surface area contributed by atoms with Gasteiger partial charge in [-0.3, -0.25) is 4.79 Å².